The highest BCUT2D eigenvalue weighted by Crippen LogP contribution is 2.24. The normalized spacial score (nSPS) is 10.2. The first-order valence-corrected chi connectivity index (χ1v) is 10.3. The molecule has 0 atom stereocenters. The highest BCUT2D eigenvalue weighted by molar-refractivity contribution is 7.13. The van der Waals surface area contributed by atoms with Crippen LogP contribution in [0.4, 0.5) is 0 Å². The minimum absolute atomic E-state index is 0.172. The first-order valence-electron chi connectivity index (χ1n) is 9.40. The molecule has 0 radical (unpaired) electrons. The molecular weight excluding hydrogens is 428 g/mol. The van der Waals surface area contributed by atoms with E-state index < -0.39 is 11.8 Å². The van der Waals surface area contributed by atoms with E-state index in [0.717, 1.165) is 11.3 Å². The summed E-state index contributed by atoms with van der Waals surface area (Å²) in [6.45, 7) is -0.298. The third-order valence-electron chi connectivity index (χ3n) is 4.26. The molecule has 10 heteroatoms. The summed E-state index contributed by atoms with van der Waals surface area (Å²) < 4.78 is 7.04. The van der Waals surface area contributed by atoms with E-state index in [9.17, 15) is 9.59 Å². The second kappa shape index (κ2) is 9.55. The van der Waals surface area contributed by atoms with Crippen molar-refractivity contribution in [2.45, 2.75) is 0 Å². The van der Waals surface area contributed by atoms with Crippen molar-refractivity contribution in [3.05, 3.63) is 83.6 Å². The number of para-hydroxylation sites is 1. The number of ether oxygens (including phenoxy) is 1. The van der Waals surface area contributed by atoms with Gasteiger partial charge in [-0.1, -0.05) is 18.2 Å². The Morgan fingerprint density at radius 1 is 1.09 bits per heavy atom. The lowest BCUT2D eigenvalue weighted by molar-refractivity contribution is -0.123. The fraction of sp³-hybridized carbons (Fsp3) is 0.0455. The molecule has 0 aliphatic carbocycles. The van der Waals surface area contributed by atoms with E-state index in [4.69, 9.17) is 10.00 Å². The number of nitrogens with zero attached hydrogens (tertiary/aromatic N) is 4. The average Bonchev–Trinajstić information content (AvgIpc) is 3.52. The number of nitrogens with one attached hydrogen (secondary N) is 2. The van der Waals surface area contributed by atoms with E-state index >= 15 is 0 Å². The zero-order valence-electron chi connectivity index (χ0n) is 16.6. The number of benzene rings is 2. The number of aromatic nitrogens is 3. The van der Waals surface area contributed by atoms with Crippen LogP contribution in [0.1, 0.15) is 16.1 Å². The first-order chi connectivity index (χ1) is 15.6. The molecule has 0 aliphatic heterocycles. The van der Waals surface area contributed by atoms with E-state index in [-0.39, 0.29) is 12.3 Å². The summed E-state index contributed by atoms with van der Waals surface area (Å²) in [4.78, 5) is 28.5. The van der Waals surface area contributed by atoms with Gasteiger partial charge >= 0.3 is 0 Å². The van der Waals surface area contributed by atoms with Gasteiger partial charge < -0.3 is 4.74 Å². The number of hydrazine groups is 1. The Hall–Kier alpha value is -4.49. The van der Waals surface area contributed by atoms with Gasteiger partial charge in [-0.2, -0.15) is 10.4 Å². The maximum atomic E-state index is 12.3. The van der Waals surface area contributed by atoms with E-state index in [2.05, 4.69) is 20.9 Å². The molecule has 4 aromatic rings. The van der Waals surface area contributed by atoms with Gasteiger partial charge in [0.15, 0.2) is 6.61 Å². The SMILES string of the molecule is N#Cc1ccc(OCC(=O)NNC(=O)c2csc(-c3cnn(-c4ccccc4)c3)n2)cc1. The number of amides is 2. The molecule has 158 valence electrons. The molecule has 0 aliphatic rings. The Morgan fingerprint density at radius 2 is 1.88 bits per heavy atom. The molecule has 32 heavy (non-hydrogen) atoms. The third kappa shape index (κ3) is 4.97. The summed E-state index contributed by atoms with van der Waals surface area (Å²) in [7, 11) is 0. The van der Waals surface area contributed by atoms with E-state index in [1.807, 2.05) is 42.6 Å². The molecule has 2 aromatic carbocycles. The van der Waals surface area contributed by atoms with Gasteiger partial charge in [-0.3, -0.25) is 20.4 Å². The van der Waals surface area contributed by atoms with Crippen molar-refractivity contribution >= 4 is 23.2 Å². The predicted molar refractivity (Wildman–Crippen MR) is 117 cm³/mol. The lowest BCUT2D eigenvalue weighted by atomic mass is 10.2. The van der Waals surface area contributed by atoms with Gasteiger partial charge in [0.05, 0.1) is 23.5 Å². The molecule has 0 spiro atoms. The van der Waals surface area contributed by atoms with Crippen molar-refractivity contribution in [3.8, 4) is 28.1 Å². The van der Waals surface area contributed by atoms with Gasteiger partial charge in [-0.25, -0.2) is 9.67 Å². The Labute approximate surface area is 186 Å². The first kappa shape index (κ1) is 20.8. The second-order valence-electron chi connectivity index (χ2n) is 6.47. The van der Waals surface area contributed by atoms with Crippen LogP contribution < -0.4 is 15.6 Å². The molecule has 2 amide bonds. The van der Waals surface area contributed by atoms with Crippen molar-refractivity contribution in [2.24, 2.45) is 0 Å². The fourth-order valence-corrected chi connectivity index (χ4v) is 3.44. The lowest BCUT2D eigenvalue weighted by Gasteiger charge is -2.08. The fourth-order valence-electron chi connectivity index (χ4n) is 2.67. The number of hydrogen-bond acceptors (Lipinski definition) is 7. The minimum atomic E-state index is -0.547. The van der Waals surface area contributed by atoms with Crippen LogP contribution in [0.5, 0.6) is 5.75 Å². The Morgan fingerprint density at radius 3 is 2.62 bits per heavy atom. The minimum Gasteiger partial charge on any atom is -0.484 e. The molecule has 0 bridgehead atoms. The van der Waals surface area contributed by atoms with Crippen LogP contribution in [0.3, 0.4) is 0 Å². The predicted octanol–water partition coefficient (Wildman–Crippen LogP) is 2.71. The van der Waals surface area contributed by atoms with Crippen LogP contribution >= 0.6 is 11.3 Å². The number of carbonyl (C=O) groups excluding carboxylic acids is 2. The van der Waals surface area contributed by atoms with Crippen LogP contribution in [-0.2, 0) is 4.79 Å². The smallest absolute Gasteiger partial charge is 0.289 e. The van der Waals surface area contributed by atoms with Crippen molar-refractivity contribution in [2.75, 3.05) is 6.61 Å². The van der Waals surface area contributed by atoms with Gasteiger partial charge in [-0.15, -0.1) is 11.3 Å². The van der Waals surface area contributed by atoms with Gasteiger partial charge in [0.25, 0.3) is 11.8 Å². The molecule has 0 saturated carbocycles. The van der Waals surface area contributed by atoms with Crippen LogP contribution in [0.15, 0.2) is 72.4 Å². The van der Waals surface area contributed by atoms with Crippen LogP contribution in [-0.4, -0.2) is 33.2 Å². The quantitative estimate of drug-likeness (QED) is 0.441. The number of hydrogen-bond donors (Lipinski definition) is 2. The maximum absolute atomic E-state index is 12.3. The summed E-state index contributed by atoms with van der Waals surface area (Å²) in [5.41, 5.74) is 6.95. The molecule has 2 N–H and O–H groups in total. The lowest BCUT2D eigenvalue weighted by Crippen LogP contribution is -2.43. The Balaban J connectivity index is 1.29. The van der Waals surface area contributed by atoms with Crippen LogP contribution in [0, 0.1) is 11.3 Å². The molecule has 2 heterocycles. The molecule has 0 saturated heterocycles. The number of rotatable bonds is 6. The summed E-state index contributed by atoms with van der Waals surface area (Å²) in [6.07, 6.45) is 3.51. The summed E-state index contributed by atoms with van der Waals surface area (Å²) in [6, 6.07) is 18.0. The summed E-state index contributed by atoms with van der Waals surface area (Å²) in [5.74, 6) is -0.650. The summed E-state index contributed by atoms with van der Waals surface area (Å²) >= 11 is 1.30. The molecule has 2 aromatic heterocycles. The number of thiazole rings is 1. The second-order valence-corrected chi connectivity index (χ2v) is 7.33. The molecule has 0 fully saturated rings. The van der Waals surface area contributed by atoms with E-state index in [1.54, 1.807) is 40.5 Å². The van der Waals surface area contributed by atoms with E-state index in [1.165, 1.54) is 11.3 Å². The van der Waals surface area contributed by atoms with Crippen LogP contribution in [0.25, 0.3) is 16.3 Å². The van der Waals surface area contributed by atoms with E-state index in [0.29, 0.717) is 16.3 Å². The van der Waals surface area contributed by atoms with Gasteiger partial charge in [0, 0.05) is 17.1 Å². The monoisotopic (exact) mass is 444 g/mol. The number of carbonyl (C=O) groups is 2. The topological polar surface area (TPSA) is 122 Å². The zero-order chi connectivity index (χ0) is 22.3. The average molecular weight is 444 g/mol. The maximum Gasteiger partial charge on any atom is 0.289 e. The molecule has 4 rings (SSSR count). The van der Waals surface area contributed by atoms with Crippen molar-refractivity contribution in [1.29, 1.82) is 5.26 Å². The Kier molecular flexibility index (Phi) is 6.20. The third-order valence-corrected chi connectivity index (χ3v) is 5.15. The zero-order valence-corrected chi connectivity index (χ0v) is 17.4. The standard InChI is InChI=1S/C22H16N6O3S/c23-10-15-6-8-18(9-7-15)31-13-20(29)26-27-21(30)19-14-32-22(25-19)16-11-24-28(12-16)17-4-2-1-3-5-17/h1-9,11-12,14H,13H2,(H,26,29)(H,27,30). The van der Waals surface area contributed by atoms with Crippen LogP contribution in [0.2, 0.25) is 0 Å². The molecular formula is C22H16N6O3S. The van der Waals surface area contributed by atoms with Gasteiger partial charge in [0.1, 0.15) is 16.5 Å². The highest BCUT2D eigenvalue weighted by Gasteiger charge is 2.14. The largest absolute Gasteiger partial charge is 0.484 e. The van der Waals surface area contributed by atoms with Crippen molar-refractivity contribution < 1.29 is 14.3 Å². The number of nitriles is 1. The Bertz CT molecular complexity index is 1280. The van der Waals surface area contributed by atoms with Gasteiger partial charge in [-0.05, 0) is 36.4 Å². The molecule has 0 unspecified atom stereocenters. The van der Waals surface area contributed by atoms with Crippen molar-refractivity contribution in [1.82, 2.24) is 25.6 Å². The van der Waals surface area contributed by atoms with Crippen molar-refractivity contribution in [3.63, 3.8) is 0 Å². The molecule has 9 nitrogen and oxygen atoms in total. The highest BCUT2D eigenvalue weighted by atomic mass is 32.1. The summed E-state index contributed by atoms with van der Waals surface area (Å²) in [5, 5.41) is 15.3. The van der Waals surface area contributed by atoms with Gasteiger partial charge in [0.2, 0.25) is 0 Å².